The van der Waals surface area contributed by atoms with Gasteiger partial charge in [-0.25, -0.2) is 14.5 Å². The second kappa shape index (κ2) is 5.92. The van der Waals surface area contributed by atoms with Crippen LogP contribution in [0.4, 0.5) is 11.4 Å². The first kappa shape index (κ1) is 17.2. The number of imide groups is 1. The average Bonchev–Trinajstić information content (AvgIpc) is 2.91. The Hall–Kier alpha value is -4.20. The van der Waals surface area contributed by atoms with Crippen LogP contribution in [0, 0.1) is 0 Å². The molecule has 0 bridgehead atoms. The largest absolute Gasteiger partial charge is 0.478 e. The van der Waals surface area contributed by atoms with Crippen LogP contribution in [0.25, 0.3) is 10.8 Å². The van der Waals surface area contributed by atoms with Crippen molar-refractivity contribution in [2.24, 2.45) is 0 Å². The molecule has 2 amide bonds. The summed E-state index contributed by atoms with van der Waals surface area (Å²) >= 11 is 0. The first-order chi connectivity index (χ1) is 13.3. The standard InChI is InChI=1S/C20H12N2O6/c21-9-4-6-10(7-5-9)22-17(23)13-8-14(20(27)28)15-11(16(13)18(22)24)2-1-3-12(15)19(25)26/h1-8H,21H2,(H,25,26)(H,27,28). The van der Waals surface area contributed by atoms with E-state index in [1.165, 1.54) is 42.5 Å². The minimum Gasteiger partial charge on any atom is -0.478 e. The van der Waals surface area contributed by atoms with Crippen LogP contribution in [0.2, 0.25) is 0 Å². The van der Waals surface area contributed by atoms with Gasteiger partial charge in [-0.15, -0.1) is 0 Å². The molecule has 8 heteroatoms. The first-order valence-electron chi connectivity index (χ1n) is 8.12. The number of carboxylic acid groups (broad SMARTS) is 2. The van der Waals surface area contributed by atoms with Gasteiger partial charge in [-0.3, -0.25) is 9.59 Å². The highest BCUT2D eigenvalue weighted by Crippen LogP contribution is 2.36. The molecule has 0 unspecified atom stereocenters. The number of rotatable bonds is 3. The van der Waals surface area contributed by atoms with Crippen molar-refractivity contribution in [1.29, 1.82) is 0 Å². The number of carboxylic acids is 2. The van der Waals surface area contributed by atoms with E-state index < -0.39 is 23.8 Å². The lowest BCUT2D eigenvalue weighted by Gasteiger charge is -2.13. The summed E-state index contributed by atoms with van der Waals surface area (Å²) in [6.07, 6.45) is 0. The second-order valence-corrected chi connectivity index (χ2v) is 6.22. The molecule has 8 nitrogen and oxygen atoms in total. The van der Waals surface area contributed by atoms with Crippen molar-refractivity contribution in [3.63, 3.8) is 0 Å². The molecular weight excluding hydrogens is 364 g/mol. The van der Waals surface area contributed by atoms with E-state index in [4.69, 9.17) is 5.73 Å². The number of carbonyl (C=O) groups excluding carboxylic acids is 2. The summed E-state index contributed by atoms with van der Waals surface area (Å²) < 4.78 is 0. The summed E-state index contributed by atoms with van der Waals surface area (Å²) in [6, 6.07) is 11.2. The fourth-order valence-electron chi connectivity index (χ4n) is 3.41. The molecule has 1 heterocycles. The van der Waals surface area contributed by atoms with E-state index in [9.17, 15) is 29.4 Å². The van der Waals surface area contributed by atoms with Gasteiger partial charge in [0.15, 0.2) is 0 Å². The Bertz CT molecular complexity index is 1210. The van der Waals surface area contributed by atoms with Gasteiger partial charge >= 0.3 is 11.9 Å². The summed E-state index contributed by atoms with van der Waals surface area (Å²) in [4.78, 5) is 50.2. The van der Waals surface area contributed by atoms with Crippen molar-refractivity contribution in [3.05, 3.63) is 70.8 Å². The number of amides is 2. The molecule has 0 aromatic heterocycles. The summed E-state index contributed by atoms with van der Waals surface area (Å²) in [5.74, 6) is -4.07. The van der Waals surface area contributed by atoms with Crippen LogP contribution in [-0.2, 0) is 0 Å². The molecule has 28 heavy (non-hydrogen) atoms. The summed E-state index contributed by atoms with van der Waals surface area (Å²) in [5.41, 5.74) is 5.64. The van der Waals surface area contributed by atoms with Crippen molar-refractivity contribution in [1.82, 2.24) is 0 Å². The molecule has 3 aromatic rings. The van der Waals surface area contributed by atoms with E-state index in [2.05, 4.69) is 0 Å². The lowest BCUT2D eigenvalue weighted by Crippen LogP contribution is -2.29. The van der Waals surface area contributed by atoms with Crippen molar-refractivity contribution in [2.75, 3.05) is 10.6 Å². The molecule has 1 aliphatic rings. The Labute approximate surface area is 157 Å². The number of nitrogens with two attached hydrogens (primary N) is 1. The maximum atomic E-state index is 13.0. The van der Waals surface area contributed by atoms with E-state index in [1.807, 2.05) is 0 Å². The van der Waals surface area contributed by atoms with Crippen LogP contribution in [0.5, 0.6) is 0 Å². The third kappa shape index (κ3) is 2.32. The molecule has 138 valence electrons. The van der Waals surface area contributed by atoms with Gasteiger partial charge < -0.3 is 15.9 Å². The summed E-state index contributed by atoms with van der Waals surface area (Å²) in [7, 11) is 0. The monoisotopic (exact) mass is 376 g/mol. The van der Waals surface area contributed by atoms with Crippen molar-refractivity contribution in [3.8, 4) is 0 Å². The topological polar surface area (TPSA) is 138 Å². The molecule has 0 radical (unpaired) electrons. The second-order valence-electron chi connectivity index (χ2n) is 6.22. The lowest BCUT2D eigenvalue weighted by molar-refractivity contribution is 0.0695. The van der Waals surface area contributed by atoms with Crippen LogP contribution < -0.4 is 10.6 Å². The molecule has 0 fully saturated rings. The highest BCUT2D eigenvalue weighted by molar-refractivity contribution is 6.39. The quantitative estimate of drug-likeness (QED) is 0.472. The predicted octanol–water partition coefficient (Wildman–Crippen LogP) is 2.62. The van der Waals surface area contributed by atoms with E-state index in [0.717, 1.165) is 11.0 Å². The van der Waals surface area contributed by atoms with Crippen LogP contribution in [0.3, 0.4) is 0 Å². The fraction of sp³-hybridized carbons (Fsp3) is 0. The van der Waals surface area contributed by atoms with Gasteiger partial charge in [-0.2, -0.15) is 0 Å². The number of nitrogens with zero attached hydrogens (tertiary/aromatic N) is 1. The first-order valence-corrected chi connectivity index (χ1v) is 8.12. The molecular formula is C20H12N2O6. The highest BCUT2D eigenvalue weighted by atomic mass is 16.4. The number of nitrogen functional groups attached to an aromatic ring is 1. The van der Waals surface area contributed by atoms with Crippen molar-refractivity contribution < 1.29 is 29.4 Å². The molecule has 0 spiro atoms. The fourth-order valence-corrected chi connectivity index (χ4v) is 3.41. The third-order valence-corrected chi connectivity index (χ3v) is 4.62. The Morgan fingerprint density at radius 2 is 1.50 bits per heavy atom. The van der Waals surface area contributed by atoms with Crippen LogP contribution >= 0.6 is 0 Å². The Kier molecular flexibility index (Phi) is 3.64. The molecule has 0 saturated carbocycles. The van der Waals surface area contributed by atoms with E-state index >= 15 is 0 Å². The van der Waals surface area contributed by atoms with Crippen LogP contribution in [-0.4, -0.2) is 34.0 Å². The summed E-state index contributed by atoms with van der Waals surface area (Å²) in [6.45, 7) is 0. The SMILES string of the molecule is Nc1ccc(N2C(=O)c3cc(C(=O)O)c4c(C(=O)O)cccc4c3C2=O)cc1. The zero-order chi connectivity index (χ0) is 20.2. The van der Waals surface area contributed by atoms with Crippen molar-refractivity contribution in [2.45, 2.75) is 0 Å². The molecule has 0 atom stereocenters. The van der Waals surface area contributed by atoms with E-state index in [-0.39, 0.29) is 38.7 Å². The zero-order valence-electron chi connectivity index (χ0n) is 14.2. The van der Waals surface area contributed by atoms with Gasteiger partial charge in [0.25, 0.3) is 11.8 Å². The number of benzene rings is 3. The maximum Gasteiger partial charge on any atom is 0.336 e. The zero-order valence-corrected chi connectivity index (χ0v) is 14.2. The van der Waals surface area contributed by atoms with Gasteiger partial charge in [-0.1, -0.05) is 12.1 Å². The van der Waals surface area contributed by atoms with Crippen LogP contribution in [0.1, 0.15) is 41.4 Å². The highest BCUT2D eigenvalue weighted by Gasteiger charge is 2.39. The number of hydrogen-bond donors (Lipinski definition) is 3. The van der Waals surface area contributed by atoms with Gasteiger partial charge in [-0.05, 0) is 41.8 Å². The van der Waals surface area contributed by atoms with Gasteiger partial charge in [0.05, 0.1) is 27.9 Å². The van der Waals surface area contributed by atoms with Gasteiger partial charge in [0.1, 0.15) is 0 Å². The number of anilines is 2. The smallest absolute Gasteiger partial charge is 0.336 e. The van der Waals surface area contributed by atoms with Crippen LogP contribution in [0.15, 0.2) is 48.5 Å². The minimum atomic E-state index is -1.40. The number of aromatic carboxylic acids is 2. The number of carbonyl (C=O) groups is 4. The predicted molar refractivity (Wildman–Crippen MR) is 99.9 cm³/mol. The Morgan fingerprint density at radius 1 is 0.857 bits per heavy atom. The molecule has 1 aliphatic heterocycles. The van der Waals surface area contributed by atoms with Crippen molar-refractivity contribution >= 4 is 45.9 Å². The van der Waals surface area contributed by atoms with Gasteiger partial charge in [0.2, 0.25) is 0 Å². The third-order valence-electron chi connectivity index (χ3n) is 4.62. The number of fused-ring (bicyclic) bond motifs is 3. The summed E-state index contributed by atoms with van der Waals surface area (Å²) in [5, 5.41) is 19.0. The molecule has 4 rings (SSSR count). The van der Waals surface area contributed by atoms with E-state index in [1.54, 1.807) is 0 Å². The molecule has 4 N–H and O–H groups in total. The number of hydrogen-bond acceptors (Lipinski definition) is 5. The Balaban J connectivity index is 2.04. The minimum absolute atomic E-state index is 0.0232. The Morgan fingerprint density at radius 3 is 2.11 bits per heavy atom. The normalized spacial score (nSPS) is 13.1. The molecule has 0 saturated heterocycles. The molecule has 3 aromatic carbocycles. The van der Waals surface area contributed by atoms with E-state index in [0.29, 0.717) is 5.69 Å². The average molecular weight is 376 g/mol. The lowest BCUT2D eigenvalue weighted by atomic mass is 9.92. The molecule has 0 aliphatic carbocycles. The maximum absolute atomic E-state index is 13.0. The van der Waals surface area contributed by atoms with Gasteiger partial charge in [0, 0.05) is 11.1 Å².